The zero-order chi connectivity index (χ0) is 19.1. The van der Waals surface area contributed by atoms with E-state index in [1.807, 2.05) is 0 Å². The van der Waals surface area contributed by atoms with Crippen LogP contribution in [-0.2, 0) is 5.41 Å². The standard InChI is InChI=1S/C25H40N2.ClH/c1-20-19-24(2,3)12-13-25(20,4)22-7-5-6-8-23(22)27-17-15-26(16-18-27)14-11-21-9-10-21;/h5-8,20-21H,9-19H2,1-4H3;1H. The molecule has 3 heteroatoms. The summed E-state index contributed by atoms with van der Waals surface area (Å²) < 4.78 is 0. The van der Waals surface area contributed by atoms with E-state index in [-0.39, 0.29) is 12.4 Å². The Kier molecular flexibility index (Phi) is 6.72. The predicted molar refractivity (Wildman–Crippen MR) is 124 cm³/mol. The molecular weight excluding hydrogens is 364 g/mol. The number of rotatable bonds is 5. The number of hydrogen-bond donors (Lipinski definition) is 0. The summed E-state index contributed by atoms with van der Waals surface area (Å²) in [6.07, 6.45) is 8.41. The lowest BCUT2D eigenvalue weighted by molar-refractivity contribution is 0.109. The van der Waals surface area contributed by atoms with E-state index in [2.05, 4.69) is 61.8 Å². The fourth-order valence-corrected chi connectivity index (χ4v) is 5.62. The molecule has 0 spiro atoms. The van der Waals surface area contributed by atoms with Crippen molar-refractivity contribution in [2.24, 2.45) is 17.3 Å². The molecule has 0 aromatic heterocycles. The number of anilines is 1. The second-order valence-electron chi connectivity index (χ2n) is 10.8. The van der Waals surface area contributed by atoms with E-state index in [1.165, 1.54) is 76.9 Å². The topological polar surface area (TPSA) is 6.48 Å². The van der Waals surface area contributed by atoms with Crippen molar-refractivity contribution in [2.45, 2.75) is 71.6 Å². The van der Waals surface area contributed by atoms with Crippen LogP contribution in [0.4, 0.5) is 5.69 Å². The molecule has 1 aromatic carbocycles. The summed E-state index contributed by atoms with van der Waals surface area (Å²) >= 11 is 0. The molecule has 2 atom stereocenters. The van der Waals surface area contributed by atoms with Gasteiger partial charge in [-0.2, -0.15) is 0 Å². The van der Waals surface area contributed by atoms with E-state index in [4.69, 9.17) is 0 Å². The highest BCUT2D eigenvalue weighted by molar-refractivity contribution is 5.85. The first-order chi connectivity index (χ1) is 12.9. The summed E-state index contributed by atoms with van der Waals surface area (Å²) in [6, 6.07) is 9.35. The van der Waals surface area contributed by atoms with Gasteiger partial charge in [0, 0.05) is 31.9 Å². The van der Waals surface area contributed by atoms with Gasteiger partial charge >= 0.3 is 0 Å². The van der Waals surface area contributed by atoms with E-state index < -0.39 is 0 Å². The Balaban J connectivity index is 0.00000225. The zero-order valence-corrected chi connectivity index (χ0v) is 19.4. The molecule has 4 rings (SSSR count). The van der Waals surface area contributed by atoms with Crippen LogP contribution in [0.2, 0.25) is 0 Å². The lowest BCUT2D eigenvalue weighted by atomic mass is 9.58. The van der Waals surface area contributed by atoms with Crippen molar-refractivity contribution < 1.29 is 0 Å². The molecule has 0 N–H and O–H groups in total. The summed E-state index contributed by atoms with van der Waals surface area (Å²) in [5.74, 6) is 1.79. The molecule has 0 radical (unpaired) electrons. The number of piperazine rings is 1. The van der Waals surface area contributed by atoms with E-state index >= 15 is 0 Å². The van der Waals surface area contributed by atoms with Crippen LogP contribution in [-0.4, -0.2) is 37.6 Å². The Morgan fingerprint density at radius 1 is 0.964 bits per heavy atom. The number of halogens is 1. The third-order valence-corrected chi connectivity index (χ3v) is 8.05. The molecular formula is C25H41ClN2. The maximum absolute atomic E-state index is 2.70. The van der Waals surface area contributed by atoms with E-state index in [1.54, 1.807) is 5.56 Å². The van der Waals surface area contributed by atoms with Crippen LogP contribution in [0.25, 0.3) is 0 Å². The van der Waals surface area contributed by atoms with Gasteiger partial charge in [0.15, 0.2) is 0 Å². The number of benzene rings is 1. The molecule has 158 valence electrons. The third kappa shape index (κ3) is 4.70. The molecule has 0 bridgehead atoms. The smallest absolute Gasteiger partial charge is 0.0405 e. The minimum atomic E-state index is 0. The largest absolute Gasteiger partial charge is 0.369 e. The van der Waals surface area contributed by atoms with Gasteiger partial charge in [-0.3, -0.25) is 4.90 Å². The van der Waals surface area contributed by atoms with Crippen molar-refractivity contribution in [2.75, 3.05) is 37.6 Å². The highest BCUT2D eigenvalue weighted by Gasteiger charge is 2.43. The van der Waals surface area contributed by atoms with Crippen LogP contribution in [0.1, 0.15) is 71.8 Å². The summed E-state index contributed by atoms with van der Waals surface area (Å²) in [4.78, 5) is 5.38. The highest BCUT2D eigenvalue weighted by Crippen LogP contribution is 2.52. The average Bonchev–Trinajstić information content (AvgIpc) is 3.48. The van der Waals surface area contributed by atoms with Gasteiger partial charge in [-0.15, -0.1) is 12.4 Å². The first-order valence-electron chi connectivity index (χ1n) is 11.4. The minimum absolute atomic E-state index is 0. The van der Waals surface area contributed by atoms with E-state index in [0.717, 1.165) is 11.8 Å². The van der Waals surface area contributed by atoms with Crippen molar-refractivity contribution in [1.29, 1.82) is 0 Å². The van der Waals surface area contributed by atoms with Gasteiger partial charge in [0.25, 0.3) is 0 Å². The Hall–Kier alpha value is -0.730. The minimum Gasteiger partial charge on any atom is -0.369 e. The van der Waals surface area contributed by atoms with Gasteiger partial charge in [0.2, 0.25) is 0 Å². The monoisotopic (exact) mass is 404 g/mol. The van der Waals surface area contributed by atoms with Crippen LogP contribution in [0.5, 0.6) is 0 Å². The molecule has 2 saturated carbocycles. The van der Waals surface area contributed by atoms with Crippen molar-refractivity contribution >= 4 is 18.1 Å². The predicted octanol–water partition coefficient (Wildman–Crippen LogP) is 6.13. The van der Waals surface area contributed by atoms with Gasteiger partial charge in [0.1, 0.15) is 0 Å². The van der Waals surface area contributed by atoms with Gasteiger partial charge in [-0.1, -0.05) is 58.7 Å². The highest BCUT2D eigenvalue weighted by atomic mass is 35.5. The average molecular weight is 405 g/mol. The fraction of sp³-hybridized carbons (Fsp3) is 0.760. The van der Waals surface area contributed by atoms with Gasteiger partial charge in [-0.25, -0.2) is 0 Å². The quantitative estimate of drug-likeness (QED) is 0.581. The molecule has 1 aromatic rings. The Bertz CT molecular complexity index is 646. The Labute approximate surface area is 179 Å². The second-order valence-corrected chi connectivity index (χ2v) is 10.8. The van der Waals surface area contributed by atoms with Crippen LogP contribution >= 0.6 is 12.4 Å². The summed E-state index contributed by atoms with van der Waals surface area (Å²) in [7, 11) is 0. The molecule has 0 amide bonds. The van der Waals surface area contributed by atoms with Crippen LogP contribution in [0.15, 0.2) is 24.3 Å². The molecule has 3 aliphatic rings. The Morgan fingerprint density at radius 2 is 1.64 bits per heavy atom. The molecule has 2 nitrogen and oxygen atoms in total. The molecule has 1 saturated heterocycles. The maximum Gasteiger partial charge on any atom is 0.0405 e. The van der Waals surface area contributed by atoms with Crippen LogP contribution in [0, 0.1) is 17.3 Å². The molecule has 28 heavy (non-hydrogen) atoms. The molecule has 1 aliphatic heterocycles. The van der Waals surface area contributed by atoms with Gasteiger partial charge < -0.3 is 4.90 Å². The van der Waals surface area contributed by atoms with Crippen molar-refractivity contribution in [1.82, 2.24) is 4.90 Å². The van der Waals surface area contributed by atoms with Gasteiger partial charge in [0.05, 0.1) is 0 Å². The molecule has 1 heterocycles. The third-order valence-electron chi connectivity index (χ3n) is 8.05. The molecule has 3 fully saturated rings. The van der Waals surface area contributed by atoms with Crippen LogP contribution in [0.3, 0.4) is 0 Å². The summed E-state index contributed by atoms with van der Waals surface area (Å²) in [5.41, 5.74) is 3.95. The van der Waals surface area contributed by atoms with Crippen molar-refractivity contribution in [3.63, 3.8) is 0 Å². The lowest BCUT2D eigenvalue weighted by Crippen LogP contribution is -2.48. The van der Waals surface area contributed by atoms with Crippen LogP contribution < -0.4 is 4.90 Å². The second kappa shape index (κ2) is 8.56. The summed E-state index contributed by atoms with van der Waals surface area (Å²) in [6.45, 7) is 16.1. The van der Waals surface area contributed by atoms with Crippen molar-refractivity contribution in [3.8, 4) is 0 Å². The van der Waals surface area contributed by atoms with Crippen molar-refractivity contribution in [3.05, 3.63) is 29.8 Å². The Morgan fingerprint density at radius 3 is 2.29 bits per heavy atom. The maximum atomic E-state index is 2.70. The normalized spacial score (nSPS) is 30.7. The summed E-state index contributed by atoms with van der Waals surface area (Å²) in [5, 5.41) is 0. The van der Waals surface area contributed by atoms with E-state index in [9.17, 15) is 0 Å². The fourth-order valence-electron chi connectivity index (χ4n) is 5.62. The first-order valence-corrected chi connectivity index (χ1v) is 11.4. The lowest BCUT2D eigenvalue weighted by Gasteiger charge is -2.48. The molecule has 2 aliphatic carbocycles. The zero-order valence-electron chi connectivity index (χ0n) is 18.5. The number of para-hydroxylation sites is 1. The first kappa shape index (κ1) is 22.0. The molecule has 2 unspecified atom stereocenters. The SMILES string of the molecule is CC1CC(C)(C)CCC1(C)c1ccccc1N1CCN(CCC2CC2)CC1.Cl. The number of hydrogen-bond acceptors (Lipinski definition) is 2. The van der Waals surface area contributed by atoms with E-state index in [0.29, 0.717) is 10.8 Å². The van der Waals surface area contributed by atoms with Gasteiger partial charge in [-0.05, 0) is 66.5 Å². The number of nitrogens with zero attached hydrogens (tertiary/aromatic N) is 2.